The largest absolute Gasteiger partial charge is 0.352 e. The number of hydrogen-bond acceptors (Lipinski definition) is 4. The first-order valence-corrected chi connectivity index (χ1v) is 13.7. The average molecular weight is 472 g/mol. The first-order chi connectivity index (χ1) is 15.7. The molecule has 0 saturated carbocycles. The summed E-state index contributed by atoms with van der Waals surface area (Å²) in [5.41, 5.74) is 5.00. The number of carbonyl (C=O) groups excluding carboxylic acids is 1. The number of amides is 1. The van der Waals surface area contributed by atoms with E-state index in [0.29, 0.717) is 18.7 Å². The maximum absolute atomic E-state index is 12.5. The molecule has 1 fully saturated rings. The second-order valence-electron chi connectivity index (χ2n) is 9.11. The number of piperidine rings is 1. The van der Waals surface area contributed by atoms with Gasteiger partial charge in [0.05, 0.1) is 11.9 Å². The van der Waals surface area contributed by atoms with Gasteiger partial charge in [-0.05, 0) is 74.5 Å². The van der Waals surface area contributed by atoms with Gasteiger partial charge in [-0.2, -0.15) is 0 Å². The van der Waals surface area contributed by atoms with E-state index >= 15 is 0 Å². The standard InChI is InChI=1S/C26H37N3O3S/c1-21-13-14-22(2)25(18-21)29(33(3,31)32)17-9-12-26(30)27-19-23-10-5-6-11-24(23)20-28-15-7-4-8-16-28/h5-6,10-11,13-14,18H,4,7-9,12,15-17,19-20H2,1-3H3,(H,27,30). The summed E-state index contributed by atoms with van der Waals surface area (Å²) in [5, 5.41) is 3.02. The quantitative estimate of drug-likeness (QED) is 0.565. The number of hydrogen-bond donors (Lipinski definition) is 1. The van der Waals surface area contributed by atoms with Crippen LogP contribution in [0.25, 0.3) is 0 Å². The van der Waals surface area contributed by atoms with Crippen LogP contribution in [0.15, 0.2) is 42.5 Å². The number of benzene rings is 2. The molecule has 0 unspecified atom stereocenters. The molecule has 1 saturated heterocycles. The lowest BCUT2D eigenvalue weighted by Gasteiger charge is -2.27. The smallest absolute Gasteiger partial charge is 0.232 e. The predicted molar refractivity (Wildman–Crippen MR) is 135 cm³/mol. The van der Waals surface area contributed by atoms with Crippen LogP contribution in [0.3, 0.4) is 0 Å². The zero-order valence-corrected chi connectivity index (χ0v) is 21.0. The summed E-state index contributed by atoms with van der Waals surface area (Å²) in [6.45, 7) is 7.82. The predicted octanol–water partition coefficient (Wildman–Crippen LogP) is 4.15. The highest BCUT2D eigenvalue weighted by Gasteiger charge is 2.19. The van der Waals surface area contributed by atoms with Gasteiger partial charge in [-0.3, -0.25) is 14.0 Å². The lowest BCUT2D eigenvalue weighted by atomic mass is 10.0. The van der Waals surface area contributed by atoms with E-state index in [4.69, 9.17) is 0 Å². The Morgan fingerprint density at radius 1 is 1.03 bits per heavy atom. The monoisotopic (exact) mass is 471 g/mol. The lowest BCUT2D eigenvalue weighted by molar-refractivity contribution is -0.121. The third kappa shape index (κ3) is 7.57. The fourth-order valence-corrected chi connectivity index (χ4v) is 5.38. The third-order valence-corrected chi connectivity index (χ3v) is 7.42. The van der Waals surface area contributed by atoms with Crippen LogP contribution >= 0.6 is 0 Å². The minimum Gasteiger partial charge on any atom is -0.352 e. The van der Waals surface area contributed by atoms with Gasteiger partial charge >= 0.3 is 0 Å². The van der Waals surface area contributed by atoms with E-state index in [1.165, 1.54) is 35.4 Å². The number of rotatable bonds is 10. The number of nitrogens with zero attached hydrogens (tertiary/aromatic N) is 2. The summed E-state index contributed by atoms with van der Waals surface area (Å²) in [6.07, 6.45) is 5.78. The van der Waals surface area contributed by atoms with Crippen LogP contribution in [0, 0.1) is 13.8 Å². The molecule has 0 aliphatic carbocycles. The fraction of sp³-hybridized carbons (Fsp3) is 0.500. The second-order valence-corrected chi connectivity index (χ2v) is 11.0. The highest BCUT2D eigenvalue weighted by Crippen LogP contribution is 2.24. The van der Waals surface area contributed by atoms with Crippen LogP contribution in [0.5, 0.6) is 0 Å². The van der Waals surface area contributed by atoms with E-state index in [0.717, 1.165) is 36.3 Å². The zero-order chi connectivity index (χ0) is 23.8. The fourth-order valence-electron chi connectivity index (χ4n) is 4.36. The molecule has 1 N–H and O–H groups in total. The molecule has 2 aromatic carbocycles. The highest BCUT2D eigenvalue weighted by molar-refractivity contribution is 7.92. The number of nitrogens with one attached hydrogen (secondary N) is 1. The van der Waals surface area contributed by atoms with Crippen molar-refractivity contribution < 1.29 is 13.2 Å². The highest BCUT2D eigenvalue weighted by atomic mass is 32.2. The molecular weight excluding hydrogens is 434 g/mol. The Bertz CT molecular complexity index is 1050. The van der Waals surface area contributed by atoms with Crippen molar-refractivity contribution in [2.24, 2.45) is 0 Å². The van der Waals surface area contributed by atoms with E-state index in [1.807, 2.05) is 38.1 Å². The van der Waals surface area contributed by atoms with Crippen molar-refractivity contribution in [1.82, 2.24) is 10.2 Å². The van der Waals surface area contributed by atoms with Crippen LogP contribution in [-0.2, 0) is 27.9 Å². The zero-order valence-electron chi connectivity index (χ0n) is 20.1. The molecule has 0 spiro atoms. The molecular formula is C26H37N3O3S. The molecule has 1 heterocycles. The first kappa shape index (κ1) is 25.2. The van der Waals surface area contributed by atoms with Gasteiger partial charge < -0.3 is 5.32 Å². The molecule has 1 amide bonds. The molecule has 1 aliphatic rings. The van der Waals surface area contributed by atoms with E-state index < -0.39 is 10.0 Å². The normalized spacial score (nSPS) is 14.8. The van der Waals surface area contributed by atoms with E-state index in [-0.39, 0.29) is 18.9 Å². The Morgan fingerprint density at radius 2 is 1.73 bits per heavy atom. The maximum Gasteiger partial charge on any atom is 0.232 e. The van der Waals surface area contributed by atoms with Gasteiger partial charge in [0.1, 0.15) is 0 Å². The summed E-state index contributed by atoms with van der Waals surface area (Å²) in [4.78, 5) is 15.0. The average Bonchev–Trinajstić information content (AvgIpc) is 2.78. The van der Waals surface area contributed by atoms with Crippen molar-refractivity contribution in [3.63, 3.8) is 0 Å². The topological polar surface area (TPSA) is 69.7 Å². The second kappa shape index (κ2) is 11.7. The molecule has 0 aromatic heterocycles. The van der Waals surface area contributed by atoms with Crippen molar-refractivity contribution in [3.05, 3.63) is 64.7 Å². The van der Waals surface area contributed by atoms with Gasteiger partial charge in [0.15, 0.2) is 0 Å². The number of aryl methyl sites for hydroxylation is 2. The van der Waals surface area contributed by atoms with Crippen LogP contribution in [-0.4, -0.2) is 45.1 Å². The molecule has 7 heteroatoms. The molecule has 1 aliphatic heterocycles. The molecule has 2 aromatic rings. The van der Waals surface area contributed by atoms with Crippen molar-refractivity contribution in [2.75, 3.05) is 30.2 Å². The summed E-state index contributed by atoms with van der Waals surface area (Å²) in [5.74, 6) is -0.0582. The molecule has 3 rings (SSSR count). The van der Waals surface area contributed by atoms with Gasteiger partial charge in [-0.15, -0.1) is 0 Å². The first-order valence-electron chi connectivity index (χ1n) is 11.8. The lowest BCUT2D eigenvalue weighted by Crippen LogP contribution is -2.33. The molecule has 33 heavy (non-hydrogen) atoms. The van der Waals surface area contributed by atoms with Crippen LogP contribution in [0.4, 0.5) is 5.69 Å². The third-order valence-electron chi connectivity index (χ3n) is 6.24. The number of carbonyl (C=O) groups is 1. The maximum atomic E-state index is 12.5. The minimum atomic E-state index is -3.43. The summed E-state index contributed by atoms with van der Waals surface area (Å²) < 4.78 is 26.2. The minimum absolute atomic E-state index is 0.0582. The van der Waals surface area contributed by atoms with Gasteiger partial charge in [0.2, 0.25) is 15.9 Å². The van der Waals surface area contributed by atoms with E-state index in [2.05, 4.69) is 28.4 Å². The summed E-state index contributed by atoms with van der Waals surface area (Å²) in [6, 6.07) is 14.1. The van der Waals surface area contributed by atoms with Crippen molar-refractivity contribution in [1.29, 1.82) is 0 Å². The molecule has 0 atom stereocenters. The van der Waals surface area contributed by atoms with Gasteiger partial charge in [0.25, 0.3) is 0 Å². The van der Waals surface area contributed by atoms with Gasteiger partial charge in [0, 0.05) is 26.1 Å². The van der Waals surface area contributed by atoms with Crippen molar-refractivity contribution in [2.45, 2.75) is 59.0 Å². The Labute approximate surface area is 199 Å². The molecule has 0 radical (unpaired) electrons. The Hall–Kier alpha value is -2.38. The molecule has 0 bridgehead atoms. The Kier molecular flexibility index (Phi) is 8.92. The SMILES string of the molecule is Cc1ccc(C)c(N(CCCC(=O)NCc2ccccc2CN2CCCCC2)S(C)(=O)=O)c1. The number of likely N-dealkylation sites (tertiary alicyclic amines) is 1. The number of anilines is 1. The van der Waals surface area contributed by atoms with Crippen molar-refractivity contribution in [3.8, 4) is 0 Å². The van der Waals surface area contributed by atoms with Crippen molar-refractivity contribution >= 4 is 21.6 Å². The van der Waals surface area contributed by atoms with Crippen LogP contribution < -0.4 is 9.62 Å². The molecule has 6 nitrogen and oxygen atoms in total. The Balaban J connectivity index is 1.53. The Morgan fingerprint density at radius 3 is 2.42 bits per heavy atom. The van der Waals surface area contributed by atoms with Gasteiger partial charge in [-0.25, -0.2) is 8.42 Å². The molecule has 180 valence electrons. The van der Waals surface area contributed by atoms with E-state index in [1.54, 1.807) is 0 Å². The number of sulfonamides is 1. The summed E-state index contributed by atoms with van der Waals surface area (Å²) >= 11 is 0. The summed E-state index contributed by atoms with van der Waals surface area (Å²) in [7, 11) is -3.43. The van der Waals surface area contributed by atoms with E-state index in [9.17, 15) is 13.2 Å². The van der Waals surface area contributed by atoms with Crippen LogP contribution in [0.1, 0.15) is 54.4 Å². The van der Waals surface area contributed by atoms with Gasteiger partial charge in [-0.1, -0.05) is 42.8 Å². The van der Waals surface area contributed by atoms with Crippen LogP contribution in [0.2, 0.25) is 0 Å².